The molecule has 0 atom stereocenters. The Kier molecular flexibility index (Phi) is 5.69. The number of fused-ring (bicyclic) bond motifs is 1. The molecule has 5 heteroatoms. The average Bonchev–Trinajstić information content (AvgIpc) is 2.82. The molecule has 0 aliphatic carbocycles. The summed E-state index contributed by atoms with van der Waals surface area (Å²) < 4.78 is 16.6. The van der Waals surface area contributed by atoms with Gasteiger partial charge in [-0.1, -0.05) is 23.9 Å². The van der Waals surface area contributed by atoms with Crippen molar-refractivity contribution in [2.75, 3.05) is 19.0 Å². The van der Waals surface area contributed by atoms with Gasteiger partial charge < -0.3 is 13.9 Å². The van der Waals surface area contributed by atoms with Crippen LogP contribution in [0.1, 0.15) is 20.3 Å². The number of thioether (sulfide) groups is 1. The van der Waals surface area contributed by atoms with Gasteiger partial charge in [0.05, 0.1) is 0 Å². The van der Waals surface area contributed by atoms with E-state index in [0.29, 0.717) is 18.4 Å². The Morgan fingerprint density at radius 1 is 1.21 bits per heavy atom. The van der Waals surface area contributed by atoms with Gasteiger partial charge in [0.15, 0.2) is 11.9 Å². The van der Waals surface area contributed by atoms with E-state index in [2.05, 4.69) is 4.98 Å². The molecule has 104 valence electrons. The monoisotopic (exact) mass is 281 g/mol. The predicted octanol–water partition coefficient (Wildman–Crippen LogP) is 3.71. The molecule has 2 aromatic rings. The molecule has 0 amide bonds. The van der Waals surface area contributed by atoms with Gasteiger partial charge in [0.25, 0.3) is 5.22 Å². The highest BCUT2D eigenvalue weighted by Gasteiger charge is 2.10. The van der Waals surface area contributed by atoms with Crippen molar-refractivity contribution in [2.45, 2.75) is 31.8 Å². The molecular formula is C14H19NO3S. The Balaban J connectivity index is 1.84. The van der Waals surface area contributed by atoms with E-state index in [9.17, 15) is 0 Å². The number of rotatable bonds is 8. The molecule has 0 aliphatic rings. The minimum Gasteiger partial charge on any atom is -0.431 e. The van der Waals surface area contributed by atoms with Crippen LogP contribution >= 0.6 is 11.8 Å². The molecule has 0 N–H and O–H groups in total. The van der Waals surface area contributed by atoms with Gasteiger partial charge in [0, 0.05) is 25.4 Å². The van der Waals surface area contributed by atoms with Gasteiger partial charge in [0.2, 0.25) is 0 Å². The van der Waals surface area contributed by atoms with Crippen molar-refractivity contribution in [3.63, 3.8) is 0 Å². The largest absolute Gasteiger partial charge is 0.431 e. The molecule has 0 fully saturated rings. The van der Waals surface area contributed by atoms with Crippen molar-refractivity contribution in [3.05, 3.63) is 24.3 Å². The maximum Gasteiger partial charge on any atom is 0.256 e. The summed E-state index contributed by atoms with van der Waals surface area (Å²) in [7, 11) is 0. The Morgan fingerprint density at radius 2 is 1.95 bits per heavy atom. The number of ether oxygens (including phenoxy) is 2. The molecule has 2 rings (SSSR count). The number of nitrogens with zero attached hydrogens (tertiary/aromatic N) is 1. The smallest absolute Gasteiger partial charge is 0.256 e. The minimum absolute atomic E-state index is 0.133. The SMILES string of the molecule is CCOC(CCSc1nc2ccccc2o1)OCC. The standard InChI is InChI=1S/C14H19NO3S/c1-3-16-13(17-4-2)9-10-19-14-15-11-7-5-6-8-12(11)18-14/h5-8,13H,3-4,9-10H2,1-2H3. The molecule has 0 aliphatic heterocycles. The highest BCUT2D eigenvalue weighted by atomic mass is 32.2. The van der Waals surface area contributed by atoms with Gasteiger partial charge in [-0.3, -0.25) is 0 Å². The van der Waals surface area contributed by atoms with Crippen molar-refractivity contribution in [1.82, 2.24) is 4.98 Å². The van der Waals surface area contributed by atoms with Gasteiger partial charge in [-0.25, -0.2) is 4.98 Å². The van der Waals surface area contributed by atoms with Gasteiger partial charge >= 0.3 is 0 Å². The fourth-order valence-corrected chi connectivity index (χ4v) is 2.54. The summed E-state index contributed by atoms with van der Waals surface area (Å²) in [5.74, 6) is 0.859. The van der Waals surface area contributed by atoms with Gasteiger partial charge in [-0.2, -0.15) is 0 Å². The highest BCUT2D eigenvalue weighted by molar-refractivity contribution is 7.99. The second kappa shape index (κ2) is 7.53. The molecular weight excluding hydrogens is 262 g/mol. The Bertz CT molecular complexity index is 461. The zero-order chi connectivity index (χ0) is 13.5. The van der Waals surface area contributed by atoms with E-state index in [4.69, 9.17) is 13.9 Å². The van der Waals surface area contributed by atoms with Crippen LogP contribution < -0.4 is 0 Å². The van der Waals surface area contributed by atoms with Crippen LogP contribution in [0.4, 0.5) is 0 Å². The number of para-hydroxylation sites is 2. The van der Waals surface area contributed by atoms with Gasteiger partial charge in [-0.15, -0.1) is 0 Å². The van der Waals surface area contributed by atoms with Gasteiger partial charge in [-0.05, 0) is 26.0 Å². The molecule has 1 aromatic heterocycles. The molecule has 19 heavy (non-hydrogen) atoms. The Labute approximate surface area is 117 Å². The van der Waals surface area contributed by atoms with Crippen LogP contribution in [0.25, 0.3) is 11.1 Å². The van der Waals surface area contributed by atoms with Crippen LogP contribution in [0.15, 0.2) is 33.9 Å². The average molecular weight is 281 g/mol. The van der Waals surface area contributed by atoms with E-state index in [1.165, 1.54) is 0 Å². The van der Waals surface area contributed by atoms with Crippen LogP contribution in [-0.4, -0.2) is 30.2 Å². The summed E-state index contributed by atoms with van der Waals surface area (Å²) in [6.07, 6.45) is 0.692. The predicted molar refractivity (Wildman–Crippen MR) is 76.4 cm³/mol. The molecule has 1 aromatic carbocycles. The lowest BCUT2D eigenvalue weighted by atomic mass is 10.3. The number of aromatic nitrogens is 1. The summed E-state index contributed by atoms with van der Waals surface area (Å²) in [5, 5.41) is 0.702. The first kappa shape index (κ1) is 14.4. The third-order valence-corrected chi connectivity index (χ3v) is 3.42. The quantitative estimate of drug-likeness (QED) is 0.545. The number of hydrogen-bond acceptors (Lipinski definition) is 5. The fraction of sp³-hybridized carbons (Fsp3) is 0.500. The summed E-state index contributed by atoms with van der Waals surface area (Å²) >= 11 is 1.59. The summed E-state index contributed by atoms with van der Waals surface area (Å²) in [6.45, 7) is 5.27. The lowest BCUT2D eigenvalue weighted by Gasteiger charge is -2.15. The van der Waals surface area contributed by atoms with E-state index >= 15 is 0 Å². The van der Waals surface area contributed by atoms with E-state index in [1.807, 2.05) is 38.1 Å². The normalized spacial score (nSPS) is 11.5. The third-order valence-electron chi connectivity index (χ3n) is 2.56. The maximum absolute atomic E-state index is 5.64. The summed E-state index contributed by atoms with van der Waals surface area (Å²) in [5.41, 5.74) is 1.73. The van der Waals surface area contributed by atoms with E-state index in [1.54, 1.807) is 11.8 Å². The molecule has 0 saturated heterocycles. The van der Waals surface area contributed by atoms with Crippen molar-refractivity contribution < 1.29 is 13.9 Å². The van der Waals surface area contributed by atoms with Crippen molar-refractivity contribution >= 4 is 22.9 Å². The molecule has 0 spiro atoms. The van der Waals surface area contributed by atoms with Crippen LogP contribution in [0.2, 0.25) is 0 Å². The summed E-state index contributed by atoms with van der Waals surface area (Å²) in [6, 6.07) is 7.78. The summed E-state index contributed by atoms with van der Waals surface area (Å²) in [4.78, 5) is 4.42. The van der Waals surface area contributed by atoms with E-state index < -0.39 is 0 Å². The first-order valence-corrected chi connectivity index (χ1v) is 7.53. The lowest BCUT2D eigenvalue weighted by molar-refractivity contribution is -0.136. The Hall–Kier alpha value is -1.04. The number of oxazole rings is 1. The van der Waals surface area contributed by atoms with Crippen molar-refractivity contribution in [3.8, 4) is 0 Å². The van der Waals surface area contributed by atoms with E-state index in [-0.39, 0.29) is 6.29 Å². The first-order valence-electron chi connectivity index (χ1n) is 6.55. The lowest BCUT2D eigenvalue weighted by Crippen LogP contribution is -2.18. The minimum atomic E-state index is -0.133. The first-order chi connectivity index (χ1) is 9.33. The Morgan fingerprint density at radius 3 is 2.63 bits per heavy atom. The third kappa shape index (κ3) is 4.23. The van der Waals surface area contributed by atoms with Crippen LogP contribution in [0.3, 0.4) is 0 Å². The van der Waals surface area contributed by atoms with Crippen LogP contribution in [0.5, 0.6) is 0 Å². The molecule has 0 bridgehead atoms. The topological polar surface area (TPSA) is 44.5 Å². The zero-order valence-electron chi connectivity index (χ0n) is 11.3. The van der Waals surface area contributed by atoms with Crippen LogP contribution in [0, 0.1) is 0 Å². The maximum atomic E-state index is 5.64. The van der Waals surface area contributed by atoms with Crippen LogP contribution in [-0.2, 0) is 9.47 Å². The molecule has 4 nitrogen and oxygen atoms in total. The molecule has 1 heterocycles. The fourth-order valence-electron chi connectivity index (χ4n) is 1.74. The molecule has 0 radical (unpaired) electrons. The number of benzene rings is 1. The molecule has 0 unspecified atom stereocenters. The zero-order valence-corrected chi connectivity index (χ0v) is 12.1. The second-order valence-electron chi connectivity index (χ2n) is 3.92. The second-order valence-corrected chi connectivity index (χ2v) is 4.97. The van der Waals surface area contributed by atoms with Gasteiger partial charge in [0.1, 0.15) is 5.52 Å². The number of hydrogen-bond donors (Lipinski definition) is 0. The highest BCUT2D eigenvalue weighted by Crippen LogP contribution is 2.24. The van der Waals surface area contributed by atoms with E-state index in [0.717, 1.165) is 23.3 Å². The molecule has 0 saturated carbocycles. The van der Waals surface area contributed by atoms with Crippen molar-refractivity contribution in [2.24, 2.45) is 0 Å². The van der Waals surface area contributed by atoms with Crippen molar-refractivity contribution in [1.29, 1.82) is 0 Å².